The summed E-state index contributed by atoms with van der Waals surface area (Å²) in [6.07, 6.45) is 3.00. The topological polar surface area (TPSA) is 98.7 Å². The number of hydrogen-bond acceptors (Lipinski definition) is 7. The predicted molar refractivity (Wildman–Crippen MR) is 87.2 cm³/mol. The number of thiazole rings is 1. The minimum Gasteiger partial charge on any atom is -0.356 e. The molecule has 1 saturated heterocycles. The Hall–Kier alpha value is -2.55. The van der Waals surface area contributed by atoms with Crippen LogP contribution in [-0.2, 0) is 17.3 Å². The molecule has 1 aliphatic heterocycles. The number of carbonyl (C=O) groups excluding carboxylic acids is 1. The molecular weight excluding hydrogens is 328 g/mol. The highest BCUT2D eigenvalue weighted by atomic mass is 32.1. The van der Waals surface area contributed by atoms with Gasteiger partial charge < -0.3 is 9.84 Å². The smallest absolute Gasteiger partial charge is 0.233 e. The van der Waals surface area contributed by atoms with Crippen LogP contribution < -0.4 is 5.32 Å². The number of hydrogen-bond donors (Lipinski definition) is 1. The fourth-order valence-electron chi connectivity index (χ4n) is 2.76. The lowest BCUT2D eigenvalue weighted by Crippen LogP contribution is -2.41. The highest BCUT2D eigenvalue weighted by Gasteiger charge is 2.38. The summed E-state index contributed by atoms with van der Waals surface area (Å²) in [4.78, 5) is 20.7. The first-order valence-electron chi connectivity index (χ1n) is 7.60. The van der Waals surface area contributed by atoms with Gasteiger partial charge in [0.1, 0.15) is 16.4 Å². The first-order valence-corrected chi connectivity index (χ1v) is 8.48. The lowest BCUT2D eigenvalue weighted by molar-refractivity contribution is -0.124. The second-order valence-corrected chi connectivity index (χ2v) is 7.03. The van der Waals surface area contributed by atoms with Gasteiger partial charge in [-0.25, -0.2) is 4.98 Å². The molecular formula is C15H16N6O2S. The van der Waals surface area contributed by atoms with E-state index in [1.54, 1.807) is 4.68 Å². The van der Waals surface area contributed by atoms with E-state index in [4.69, 9.17) is 4.52 Å². The number of aryl methyl sites for hydroxylation is 1. The maximum Gasteiger partial charge on any atom is 0.233 e. The van der Waals surface area contributed by atoms with Crippen LogP contribution in [0.3, 0.4) is 0 Å². The molecule has 3 aromatic rings. The molecule has 0 bridgehead atoms. The van der Waals surface area contributed by atoms with E-state index in [1.807, 2.05) is 31.6 Å². The fourth-order valence-corrected chi connectivity index (χ4v) is 3.52. The summed E-state index contributed by atoms with van der Waals surface area (Å²) < 4.78 is 7.17. The van der Waals surface area contributed by atoms with Crippen molar-refractivity contribution in [1.29, 1.82) is 0 Å². The molecule has 1 unspecified atom stereocenters. The van der Waals surface area contributed by atoms with Crippen LogP contribution in [-0.4, -0.2) is 37.4 Å². The van der Waals surface area contributed by atoms with Gasteiger partial charge >= 0.3 is 0 Å². The molecule has 1 atom stereocenters. The molecule has 1 N–H and O–H groups in total. The summed E-state index contributed by atoms with van der Waals surface area (Å²) in [7, 11) is 1.87. The Morgan fingerprint density at radius 1 is 1.38 bits per heavy atom. The molecule has 9 heteroatoms. The van der Waals surface area contributed by atoms with Crippen LogP contribution >= 0.6 is 11.3 Å². The third-order valence-corrected chi connectivity index (χ3v) is 5.02. The molecule has 24 heavy (non-hydrogen) atoms. The summed E-state index contributed by atoms with van der Waals surface area (Å²) in [6.45, 7) is 2.59. The molecule has 8 nitrogen and oxygen atoms in total. The van der Waals surface area contributed by atoms with E-state index < -0.39 is 5.41 Å². The van der Waals surface area contributed by atoms with E-state index in [0.29, 0.717) is 30.4 Å². The van der Waals surface area contributed by atoms with Gasteiger partial charge in [-0.15, -0.1) is 11.3 Å². The minimum absolute atomic E-state index is 0.00889. The van der Waals surface area contributed by atoms with Crippen molar-refractivity contribution in [3.8, 4) is 22.2 Å². The monoisotopic (exact) mass is 344 g/mol. The average Bonchev–Trinajstić information content (AvgIpc) is 3.26. The molecule has 4 heterocycles. The Kier molecular flexibility index (Phi) is 3.45. The minimum atomic E-state index is -0.423. The molecule has 0 aromatic carbocycles. The third-order valence-electron chi connectivity index (χ3n) is 4.16. The molecule has 3 aromatic heterocycles. The molecule has 0 saturated carbocycles. The Bertz CT molecular complexity index is 897. The van der Waals surface area contributed by atoms with Crippen molar-refractivity contribution in [2.24, 2.45) is 7.05 Å². The molecule has 1 fully saturated rings. The Labute approximate surface area is 141 Å². The van der Waals surface area contributed by atoms with E-state index in [-0.39, 0.29) is 5.91 Å². The van der Waals surface area contributed by atoms with Crippen molar-refractivity contribution in [3.63, 3.8) is 0 Å². The zero-order chi connectivity index (χ0) is 16.7. The summed E-state index contributed by atoms with van der Waals surface area (Å²) in [5.74, 6) is 0.935. The molecule has 1 amide bonds. The predicted octanol–water partition coefficient (Wildman–Crippen LogP) is 1.76. The molecule has 0 spiro atoms. The van der Waals surface area contributed by atoms with Gasteiger partial charge in [0.05, 0.1) is 5.41 Å². The summed E-state index contributed by atoms with van der Waals surface area (Å²) in [5, 5.41) is 13.9. The highest BCUT2D eigenvalue weighted by Crippen LogP contribution is 2.34. The number of amides is 1. The van der Waals surface area contributed by atoms with Gasteiger partial charge in [-0.3, -0.25) is 9.48 Å². The van der Waals surface area contributed by atoms with Crippen molar-refractivity contribution in [2.75, 3.05) is 6.54 Å². The quantitative estimate of drug-likeness (QED) is 0.777. The average molecular weight is 344 g/mol. The largest absolute Gasteiger partial charge is 0.356 e. The van der Waals surface area contributed by atoms with Crippen LogP contribution in [0.1, 0.15) is 25.7 Å². The lowest BCUT2D eigenvalue weighted by atomic mass is 9.80. The lowest BCUT2D eigenvalue weighted by Gasteiger charge is -2.29. The van der Waals surface area contributed by atoms with Gasteiger partial charge in [0.15, 0.2) is 0 Å². The number of aromatic nitrogens is 5. The molecule has 4 rings (SSSR count). The summed E-state index contributed by atoms with van der Waals surface area (Å²) in [6, 6.07) is 1.91. The number of piperidine rings is 1. The van der Waals surface area contributed by atoms with Crippen molar-refractivity contribution in [1.82, 2.24) is 30.2 Å². The number of rotatable bonds is 3. The molecule has 1 aliphatic rings. The van der Waals surface area contributed by atoms with E-state index in [9.17, 15) is 4.79 Å². The van der Waals surface area contributed by atoms with Crippen LogP contribution in [0.5, 0.6) is 0 Å². The molecule has 124 valence electrons. The Morgan fingerprint density at radius 3 is 3.00 bits per heavy atom. The summed E-state index contributed by atoms with van der Waals surface area (Å²) in [5.41, 5.74) is 1.04. The maximum absolute atomic E-state index is 11.7. The molecule has 0 radical (unpaired) electrons. The molecule has 0 aliphatic carbocycles. The van der Waals surface area contributed by atoms with Gasteiger partial charge in [-0.05, 0) is 12.5 Å². The zero-order valence-electron chi connectivity index (χ0n) is 13.3. The van der Waals surface area contributed by atoms with Crippen molar-refractivity contribution in [2.45, 2.75) is 25.2 Å². The standard InChI is InChI=1S/C15H16N6O2S/c1-15(4-5-16-11(22)7-15)14-18-12(20-23-14)10-8-24-13(17-10)9-3-6-21(2)19-9/h3,6,8H,4-5,7H2,1-2H3,(H,16,22). The van der Waals surface area contributed by atoms with Crippen molar-refractivity contribution in [3.05, 3.63) is 23.5 Å². The van der Waals surface area contributed by atoms with Crippen LogP contribution in [0.2, 0.25) is 0 Å². The zero-order valence-corrected chi connectivity index (χ0v) is 14.1. The van der Waals surface area contributed by atoms with Gasteiger partial charge in [-0.1, -0.05) is 12.1 Å². The Morgan fingerprint density at radius 2 is 2.25 bits per heavy atom. The maximum atomic E-state index is 11.7. The van der Waals surface area contributed by atoms with Gasteiger partial charge in [0.2, 0.25) is 17.6 Å². The first-order chi connectivity index (χ1) is 11.5. The second-order valence-electron chi connectivity index (χ2n) is 6.17. The first kappa shape index (κ1) is 15.0. The van der Waals surface area contributed by atoms with Crippen LogP contribution in [0.4, 0.5) is 0 Å². The second kappa shape index (κ2) is 5.52. The third kappa shape index (κ3) is 2.60. The van der Waals surface area contributed by atoms with Gasteiger partial charge in [-0.2, -0.15) is 10.1 Å². The van der Waals surface area contributed by atoms with E-state index >= 15 is 0 Å². The van der Waals surface area contributed by atoms with E-state index in [2.05, 4.69) is 25.5 Å². The number of nitrogens with one attached hydrogen (secondary N) is 1. The van der Waals surface area contributed by atoms with Crippen LogP contribution in [0.25, 0.3) is 22.2 Å². The number of carbonyl (C=O) groups is 1. The fraction of sp³-hybridized carbons (Fsp3) is 0.400. The van der Waals surface area contributed by atoms with E-state index in [1.165, 1.54) is 11.3 Å². The van der Waals surface area contributed by atoms with Crippen LogP contribution in [0.15, 0.2) is 22.2 Å². The van der Waals surface area contributed by atoms with Gasteiger partial charge in [0.25, 0.3) is 0 Å². The van der Waals surface area contributed by atoms with E-state index in [0.717, 1.165) is 17.1 Å². The SMILES string of the molecule is Cn1ccc(-c2nc(-c3noc(C4(C)CCNC(=O)C4)n3)cs2)n1. The Balaban J connectivity index is 1.61. The normalized spacial score (nSPS) is 21.0. The van der Waals surface area contributed by atoms with Crippen LogP contribution in [0, 0.1) is 0 Å². The number of nitrogens with zero attached hydrogens (tertiary/aromatic N) is 5. The van der Waals surface area contributed by atoms with Gasteiger partial charge in [0, 0.05) is 31.6 Å². The highest BCUT2D eigenvalue weighted by molar-refractivity contribution is 7.13. The van der Waals surface area contributed by atoms with Crippen molar-refractivity contribution < 1.29 is 9.32 Å². The van der Waals surface area contributed by atoms with Crippen molar-refractivity contribution >= 4 is 17.2 Å². The summed E-state index contributed by atoms with van der Waals surface area (Å²) >= 11 is 1.48.